The number of hydrogen-bond acceptors (Lipinski definition) is 1. The molecule has 3 heteroatoms. The van der Waals surface area contributed by atoms with Gasteiger partial charge in [0.05, 0.1) is 8.07 Å². The third kappa shape index (κ3) is 5.60. The number of hydrogen-bond donors (Lipinski definition) is 1. The molecule has 2 N–H and O–H groups in total. The molecule has 0 spiro atoms. The van der Waals surface area contributed by atoms with E-state index in [1.54, 1.807) is 0 Å². The fourth-order valence-electron chi connectivity index (χ4n) is 2.43. The van der Waals surface area contributed by atoms with E-state index in [4.69, 9.17) is 5.73 Å². The molecule has 120 valence electrons. The maximum atomic E-state index is 5.70. The van der Waals surface area contributed by atoms with Crippen LogP contribution < -0.4 is 10.9 Å². The maximum Gasteiger partial charge on any atom is 0.0942 e. The smallest absolute Gasteiger partial charge is 0.0942 e. The van der Waals surface area contributed by atoms with Crippen molar-refractivity contribution in [2.24, 2.45) is 5.73 Å². The summed E-state index contributed by atoms with van der Waals surface area (Å²) >= 11 is 0. The fourth-order valence-corrected chi connectivity index (χ4v) is 3.76. The molecule has 23 heavy (non-hydrogen) atoms. The third-order valence-electron chi connectivity index (χ3n) is 4.15. The first-order chi connectivity index (χ1) is 10.6. The van der Waals surface area contributed by atoms with Gasteiger partial charge in [-0.2, -0.15) is 6.07 Å². The van der Waals surface area contributed by atoms with Crippen LogP contribution >= 0.6 is 0 Å². The van der Waals surface area contributed by atoms with Crippen molar-refractivity contribution in [1.29, 1.82) is 0 Å². The fraction of sp³-hybridized carbons (Fsp3) is 0.250. The standard InChI is InChI=1S/C11H11.C9H15NSi.Zr/c1-2-9-7-10-5-3-4-6-11(10)8-9;1-11(2,8-10)9-6-4-3-5-7-9;/h3-8H,2H2,1H3;3-7H,8,10H2,1-2H3;/q-1;;. The first kappa shape index (κ1) is 20.2. The van der Waals surface area contributed by atoms with Crippen LogP contribution in [0.15, 0.2) is 66.7 Å². The van der Waals surface area contributed by atoms with Crippen molar-refractivity contribution in [2.45, 2.75) is 26.4 Å². The average Bonchev–Trinajstić information content (AvgIpc) is 2.99. The van der Waals surface area contributed by atoms with Crippen molar-refractivity contribution in [3.8, 4) is 0 Å². The quantitative estimate of drug-likeness (QED) is 0.518. The zero-order valence-corrected chi connectivity index (χ0v) is 17.8. The molecular weight excluding hydrogens is 374 g/mol. The van der Waals surface area contributed by atoms with Crippen molar-refractivity contribution < 1.29 is 26.2 Å². The SMILES string of the molecule is CCc1cc2ccccc2[cH-]1.C[Si](C)(CN)c1ccccc1.[Zr]. The number of benzene rings is 2. The predicted molar refractivity (Wildman–Crippen MR) is 102 cm³/mol. The molecule has 0 aliphatic rings. The second-order valence-corrected chi connectivity index (χ2v) is 11.1. The molecule has 0 amide bonds. The Morgan fingerprint density at radius 2 is 1.57 bits per heavy atom. The van der Waals surface area contributed by atoms with Gasteiger partial charge in [0.2, 0.25) is 0 Å². The summed E-state index contributed by atoms with van der Waals surface area (Å²) in [4.78, 5) is 0. The summed E-state index contributed by atoms with van der Waals surface area (Å²) in [7, 11) is -1.28. The summed E-state index contributed by atoms with van der Waals surface area (Å²) in [5.41, 5.74) is 7.14. The van der Waals surface area contributed by atoms with Crippen LogP contribution in [0, 0.1) is 0 Å². The van der Waals surface area contributed by atoms with E-state index < -0.39 is 8.07 Å². The normalized spacial score (nSPS) is 10.6. The molecule has 0 aromatic heterocycles. The van der Waals surface area contributed by atoms with E-state index >= 15 is 0 Å². The second kappa shape index (κ2) is 9.42. The summed E-state index contributed by atoms with van der Waals surface area (Å²) in [5, 5.41) is 4.18. The van der Waals surface area contributed by atoms with Crippen LogP contribution in [0.1, 0.15) is 12.5 Å². The van der Waals surface area contributed by atoms with Crippen molar-refractivity contribution in [3.63, 3.8) is 0 Å². The van der Waals surface area contributed by atoms with Gasteiger partial charge in [-0.3, -0.25) is 0 Å². The number of aryl methyl sites for hydroxylation is 1. The van der Waals surface area contributed by atoms with Crippen LogP contribution in [0.25, 0.3) is 10.8 Å². The molecule has 0 saturated carbocycles. The summed E-state index contributed by atoms with van der Waals surface area (Å²) in [6, 6.07) is 23.6. The Kier molecular flexibility index (Phi) is 8.25. The molecule has 0 fully saturated rings. The van der Waals surface area contributed by atoms with Crippen molar-refractivity contribution in [3.05, 3.63) is 72.3 Å². The molecule has 0 saturated heterocycles. The van der Waals surface area contributed by atoms with Gasteiger partial charge in [-0.1, -0.05) is 61.6 Å². The predicted octanol–water partition coefficient (Wildman–Crippen LogP) is 4.22. The maximum absolute atomic E-state index is 5.70. The molecule has 3 aromatic rings. The number of fused-ring (bicyclic) bond motifs is 1. The molecule has 3 aromatic carbocycles. The molecule has 0 radical (unpaired) electrons. The Bertz CT molecular complexity index is 671. The Balaban J connectivity index is 0.000000220. The van der Waals surface area contributed by atoms with E-state index in [1.165, 1.54) is 21.5 Å². The van der Waals surface area contributed by atoms with Gasteiger partial charge >= 0.3 is 0 Å². The molecule has 0 unspecified atom stereocenters. The van der Waals surface area contributed by atoms with Gasteiger partial charge in [-0.25, -0.2) is 0 Å². The van der Waals surface area contributed by atoms with E-state index in [0.29, 0.717) is 0 Å². The minimum atomic E-state index is -1.28. The average molecular weight is 400 g/mol. The van der Waals surface area contributed by atoms with Crippen LogP contribution in [-0.4, -0.2) is 14.2 Å². The van der Waals surface area contributed by atoms with E-state index in [2.05, 4.69) is 80.7 Å². The summed E-state index contributed by atoms with van der Waals surface area (Å²) in [6.07, 6.45) is 1.96. The monoisotopic (exact) mass is 398 g/mol. The third-order valence-corrected chi connectivity index (χ3v) is 7.07. The van der Waals surface area contributed by atoms with Crippen LogP contribution in [0.5, 0.6) is 0 Å². The molecule has 0 bridgehead atoms. The molecule has 0 aliphatic heterocycles. The van der Waals surface area contributed by atoms with Crippen molar-refractivity contribution in [2.75, 3.05) is 6.17 Å². The van der Waals surface area contributed by atoms with Gasteiger partial charge in [0.25, 0.3) is 0 Å². The van der Waals surface area contributed by atoms with Gasteiger partial charge in [-0.15, -0.1) is 40.6 Å². The van der Waals surface area contributed by atoms with Crippen molar-refractivity contribution in [1.82, 2.24) is 0 Å². The largest absolute Gasteiger partial charge is 0.333 e. The van der Waals surface area contributed by atoms with Gasteiger partial charge in [0.1, 0.15) is 0 Å². The van der Waals surface area contributed by atoms with Gasteiger partial charge < -0.3 is 5.73 Å². The molecule has 0 heterocycles. The van der Waals surface area contributed by atoms with E-state index in [9.17, 15) is 0 Å². The summed E-state index contributed by atoms with van der Waals surface area (Å²) in [6.45, 7) is 6.78. The van der Waals surface area contributed by atoms with Gasteiger partial charge in [0, 0.05) is 26.2 Å². The van der Waals surface area contributed by atoms with Crippen LogP contribution in [-0.2, 0) is 32.6 Å². The van der Waals surface area contributed by atoms with Crippen molar-refractivity contribution >= 4 is 24.0 Å². The second-order valence-electron chi connectivity index (χ2n) is 6.30. The zero-order chi connectivity index (χ0) is 16.0. The minimum absolute atomic E-state index is 0. The van der Waals surface area contributed by atoms with E-state index in [0.717, 1.165) is 12.6 Å². The molecule has 0 aliphatic carbocycles. The Labute approximate surface area is 160 Å². The van der Waals surface area contributed by atoms with Gasteiger partial charge in [-0.05, 0) is 12.6 Å². The summed E-state index contributed by atoms with van der Waals surface area (Å²) in [5.74, 6) is 0. The van der Waals surface area contributed by atoms with Crippen LogP contribution in [0.2, 0.25) is 13.1 Å². The number of rotatable bonds is 3. The molecule has 1 nitrogen and oxygen atoms in total. The number of nitrogens with two attached hydrogens (primary N) is 1. The topological polar surface area (TPSA) is 26.0 Å². The molecule has 0 atom stereocenters. The van der Waals surface area contributed by atoms with Gasteiger partial charge in [0.15, 0.2) is 0 Å². The Hall–Kier alpha value is -0.890. The molecular formula is C20H26NSiZr-. The first-order valence-electron chi connectivity index (χ1n) is 7.97. The summed E-state index contributed by atoms with van der Waals surface area (Å²) < 4.78 is 0. The molecule has 3 rings (SSSR count). The Morgan fingerprint density at radius 1 is 0.957 bits per heavy atom. The zero-order valence-electron chi connectivity index (χ0n) is 14.3. The first-order valence-corrected chi connectivity index (χ1v) is 11.2. The Morgan fingerprint density at radius 3 is 2.13 bits per heavy atom. The minimum Gasteiger partial charge on any atom is -0.333 e. The van der Waals surface area contributed by atoms with E-state index in [1.807, 2.05) is 6.07 Å². The van der Waals surface area contributed by atoms with Crippen LogP contribution in [0.3, 0.4) is 0 Å². The van der Waals surface area contributed by atoms with E-state index in [-0.39, 0.29) is 26.2 Å². The van der Waals surface area contributed by atoms with Crippen LogP contribution in [0.4, 0.5) is 0 Å².